The minimum atomic E-state index is -0.965. The largest absolute Gasteiger partial charge is 0.480 e. The molecule has 0 amide bonds. The molecule has 0 saturated carbocycles. The van der Waals surface area contributed by atoms with E-state index in [4.69, 9.17) is 22.1 Å². The Hall–Kier alpha value is -1.62. The molecule has 2 rings (SSSR count). The molecule has 1 saturated heterocycles. The Bertz CT molecular complexity index is 447. The van der Waals surface area contributed by atoms with Crippen LogP contribution in [0, 0.1) is 6.92 Å². The van der Waals surface area contributed by atoms with Crippen molar-refractivity contribution in [3.05, 3.63) is 35.4 Å². The molecule has 0 radical (unpaired) electrons. The number of aliphatic carboxylic acids is 1. The van der Waals surface area contributed by atoms with E-state index >= 15 is 0 Å². The standard InChI is InChI=1S/C11H11NO3S/c1-6-4-2-3-5-7(6)9-8(10(13)14)12-11(16)15-9/h2-5,8-9H,1H3,(H,12,16)(H,13,14)/t8-,9+/m0/s1. The Kier molecular flexibility index (Phi) is 2.78. The van der Waals surface area contributed by atoms with Gasteiger partial charge in [-0.1, -0.05) is 24.3 Å². The predicted molar refractivity (Wildman–Crippen MR) is 62.2 cm³/mol. The van der Waals surface area contributed by atoms with Crippen molar-refractivity contribution in [3.8, 4) is 0 Å². The number of hydrogen-bond acceptors (Lipinski definition) is 3. The van der Waals surface area contributed by atoms with Crippen LogP contribution in [0.15, 0.2) is 24.3 Å². The zero-order valence-electron chi connectivity index (χ0n) is 8.64. The number of carboxylic acid groups (broad SMARTS) is 1. The molecule has 0 aromatic heterocycles. The van der Waals surface area contributed by atoms with Gasteiger partial charge >= 0.3 is 5.97 Å². The molecule has 1 aromatic carbocycles. The lowest BCUT2D eigenvalue weighted by molar-refractivity contribution is -0.140. The van der Waals surface area contributed by atoms with Crippen molar-refractivity contribution in [3.63, 3.8) is 0 Å². The number of benzene rings is 1. The summed E-state index contributed by atoms with van der Waals surface area (Å²) in [5.41, 5.74) is 1.84. The zero-order chi connectivity index (χ0) is 11.7. The van der Waals surface area contributed by atoms with Gasteiger partial charge in [0.15, 0.2) is 12.1 Å². The molecule has 0 bridgehead atoms. The summed E-state index contributed by atoms with van der Waals surface area (Å²) in [5, 5.41) is 11.8. The Morgan fingerprint density at radius 3 is 2.81 bits per heavy atom. The molecule has 2 N–H and O–H groups in total. The molecule has 1 aromatic rings. The molecular formula is C11H11NO3S. The minimum absolute atomic E-state index is 0.139. The maximum atomic E-state index is 11.0. The van der Waals surface area contributed by atoms with Crippen LogP contribution in [0.4, 0.5) is 0 Å². The van der Waals surface area contributed by atoms with Gasteiger partial charge in [0.1, 0.15) is 0 Å². The van der Waals surface area contributed by atoms with Gasteiger partial charge in [-0.25, -0.2) is 4.79 Å². The van der Waals surface area contributed by atoms with Gasteiger partial charge in [-0.2, -0.15) is 0 Å². The summed E-state index contributed by atoms with van der Waals surface area (Å²) < 4.78 is 5.34. The Morgan fingerprint density at radius 1 is 1.50 bits per heavy atom. The lowest BCUT2D eigenvalue weighted by Crippen LogP contribution is -2.35. The molecule has 16 heavy (non-hydrogen) atoms. The highest BCUT2D eigenvalue weighted by Crippen LogP contribution is 2.28. The second-order valence-corrected chi connectivity index (χ2v) is 4.01. The third-order valence-electron chi connectivity index (χ3n) is 2.57. The van der Waals surface area contributed by atoms with Crippen LogP contribution in [0.5, 0.6) is 0 Å². The number of thiocarbonyl (C=S) groups is 1. The van der Waals surface area contributed by atoms with Crippen LogP contribution in [-0.4, -0.2) is 22.3 Å². The average Bonchev–Trinajstić information content (AvgIpc) is 2.61. The Labute approximate surface area is 98.2 Å². The third-order valence-corrected chi connectivity index (χ3v) is 2.79. The molecule has 1 heterocycles. The van der Waals surface area contributed by atoms with Crippen LogP contribution < -0.4 is 5.32 Å². The van der Waals surface area contributed by atoms with Crippen molar-refractivity contribution < 1.29 is 14.6 Å². The van der Waals surface area contributed by atoms with Crippen molar-refractivity contribution in [2.24, 2.45) is 0 Å². The summed E-state index contributed by atoms with van der Waals surface area (Å²) in [6.45, 7) is 1.92. The van der Waals surface area contributed by atoms with Crippen LogP contribution in [0.3, 0.4) is 0 Å². The first-order valence-electron chi connectivity index (χ1n) is 4.85. The van der Waals surface area contributed by atoms with Gasteiger partial charge in [0.25, 0.3) is 5.17 Å². The van der Waals surface area contributed by atoms with Crippen molar-refractivity contribution in [2.75, 3.05) is 0 Å². The number of ether oxygens (including phenoxy) is 1. The fourth-order valence-electron chi connectivity index (χ4n) is 1.76. The first-order valence-corrected chi connectivity index (χ1v) is 5.26. The maximum absolute atomic E-state index is 11.0. The van der Waals surface area contributed by atoms with Crippen molar-refractivity contribution in [1.82, 2.24) is 5.32 Å². The normalized spacial score (nSPS) is 23.7. The van der Waals surface area contributed by atoms with E-state index in [-0.39, 0.29) is 5.17 Å². The highest BCUT2D eigenvalue weighted by molar-refractivity contribution is 7.80. The van der Waals surface area contributed by atoms with E-state index in [1.54, 1.807) is 0 Å². The first-order chi connectivity index (χ1) is 7.59. The SMILES string of the molecule is Cc1ccccc1[C@H]1OC(=S)N[C@@H]1C(=O)O. The van der Waals surface area contributed by atoms with Crippen molar-refractivity contribution >= 4 is 23.4 Å². The van der Waals surface area contributed by atoms with E-state index in [0.29, 0.717) is 0 Å². The molecule has 0 spiro atoms. The molecule has 2 atom stereocenters. The van der Waals surface area contributed by atoms with Gasteiger partial charge in [-0.05, 0) is 30.3 Å². The first kappa shape index (κ1) is 10.9. The van der Waals surface area contributed by atoms with Crippen LogP contribution in [0.2, 0.25) is 0 Å². The van der Waals surface area contributed by atoms with Gasteiger partial charge in [-0.3, -0.25) is 0 Å². The highest BCUT2D eigenvalue weighted by Gasteiger charge is 2.38. The van der Waals surface area contributed by atoms with Crippen LogP contribution >= 0.6 is 12.2 Å². The Morgan fingerprint density at radius 2 is 2.19 bits per heavy atom. The van der Waals surface area contributed by atoms with Gasteiger partial charge in [0, 0.05) is 0 Å². The lowest BCUT2D eigenvalue weighted by Gasteiger charge is -2.15. The van der Waals surface area contributed by atoms with Crippen LogP contribution in [0.25, 0.3) is 0 Å². The predicted octanol–water partition coefficient (Wildman–Crippen LogP) is 1.39. The van der Waals surface area contributed by atoms with E-state index in [2.05, 4.69) is 5.32 Å². The molecule has 1 aliphatic heterocycles. The van der Waals surface area contributed by atoms with E-state index in [9.17, 15) is 4.79 Å². The van der Waals surface area contributed by atoms with Gasteiger partial charge in [-0.15, -0.1) is 0 Å². The van der Waals surface area contributed by atoms with Gasteiger partial charge in [0.05, 0.1) is 0 Å². The molecule has 0 unspecified atom stereocenters. The van der Waals surface area contributed by atoms with Crippen LogP contribution in [0.1, 0.15) is 17.2 Å². The van der Waals surface area contributed by atoms with E-state index in [1.165, 1.54) is 0 Å². The summed E-state index contributed by atoms with van der Waals surface area (Å²) in [7, 11) is 0. The summed E-state index contributed by atoms with van der Waals surface area (Å²) in [6, 6.07) is 6.71. The molecule has 1 fully saturated rings. The fourth-order valence-corrected chi connectivity index (χ4v) is 1.99. The molecule has 4 nitrogen and oxygen atoms in total. The molecular weight excluding hydrogens is 226 g/mol. The summed E-state index contributed by atoms with van der Waals surface area (Å²) in [4.78, 5) is 11.0. The summed E-state index contributed by atoms with van der Waals surface area (Å²) in [5.74, 6) is -0.965. The second-order valence-electron chi connectivity index (χ2n) is 3.64. The number of hydrogen-bond donors (Lipinski definition) is 2. The topological polar surface area (TPSA) is 58.6 Å². The highest BCUT2D eigenvalue weighted by atomic mass is 32.1. The monoisotopic (exact) mass is 237 g/mol. The van der Waals surface area contributed by atoms with Crippen LogP contribution in [-0.2, 0) is 9.53 Å². The Balaban J connectivity index is 2.36. The lowest BCUT2D eigenvalue weighted by atomic mass is 9.98. The zero-order valence-corrected chi connectivity index (χ0v) is 9.45. The maximum Gasteiger partial charge on any atom is 0.330 e. The molecule has 0 aliphatic carbocycles. The van der Waals surface area contributed by atoms with Crippen molar-refractivity contribution in [1.29, 1.82) is 0 Å². The average molecular weight is 237 g/mol. The van der Waals surface area contributed by atoms with Gasteiger partial charge in [0.2, 0.25) is 0 Å². The fraction of sp³-hybridized carbons (Fsp3) is 0.273. The number of aryl methyl sites for hydroxylation is 1. The molecule has 5 heteroatoms. The summed E-state index contributed by atoms with van der Waals surface area (Å²) >= 11 is 4.84. The summed E-state index contributed by atoms with van der Waals surface area (Å²) in [6.07, 6.45) is -0.550. The van der Waals surface area contributed by atoms with Gasteiger partial charge < -0.3 is 15.2 Å². The number of rotatable bonds is 2. The second kappa shape index (κ2) is 4.09. The molecule has 1 aliphatic rings. The number of carbonyl (C=O) groups is 1. The van der Waals surface area contributed by atoms with E-state index in [0.717, 1.165) is 11.1 Å². The number of nitrogens with one attached hydrogen (secondary N) is 1. The van der Waals surface area contributed by atoms with E-state index < -0.39 is 18.1 Å². The third kappa shape index (κ3) is 1.86. The smallest absolute Gasteiger partial charge is 0.330 e. The minimum Gasteiger partial charge on any atom is -0.480 e. The van der Waals surface area contributed by atoms with Crippen molar-refractivity contribution in [2.45, 2.75) is 19.1 Å². The molecule has 84 valence electrons. The van der Waals surface area contributed by atoms with E-state index in [1.807, 2.05) is 31.2 Å². The quantitative estimate of drug-likeness (QED) is 0.761. The number of carboxylic acids is 1.